The summed E-state index contributed by atoms with van der Waals surface area (Å²) < 4.78 is 0. The van der Waals surface area contributed by atoms with E-state index in [0.717, 1.165) is 5.56 Å². The normalized spacial score (nSPS) is 10.4. The molecule has 2 rings (SSSR count). The molecule has 0 saturated heterocycles. The summed E-state index contributed by atoms with van der Waals surface area (Å²) in [7, 11) is 0. The average molecular weight is 255 g/mol. The van der Waals surface area contributed by atoms with Crippen LogP contribution in [0.2, 0.25) is 10.3 Å². The van der Waals surface area contributed by atoms with Gasteiger partial charge >= 0.3 is 0 Å². The third kappa shape index (κ3) is 2.13. The van der Waals surface area contributed by atoms with E-state index in [1.165, 1.54) is 6.33 Å². The van der Waals surface area contributed by atoms with Crippen molar-refractivity contribution < 1.29 is 0 Å². The zero-order valence-corrected chi connectivity index (χ0v) is 10.00. The molecule has 16 heavy (non-hydrogen) atoms. The molecule has 0 aliphatic rings. The highest BCUT2D eigenvalue weighted by molar-refractivity contribution is 6.34. The molecule has 4 nitrogen and oxygen atoms in total. The van der Waals surface area contributed by atoms with Crippen molar-refractivity contribution in [2.24, 2.45) is 0 Å². The van der Waals surface area contributed by atoms with E-state index in [4.69, 9.17) is 23.2 Å². The molecule has 0 saturated carbocycles. The maximum absolute atomic E-state index is 6.01. The van der Waals surface area contributed by atoms with Gasteiger partial charge in [-0.1, -0.05) is 30.1 Å². The van der Waals surface area contributed by atoms with Crippen LogP contribution in [-0.4, -0.2) is 19.9 Å². The van der Waals surface area contributed by atoms with E-state index in [0.29, 0.717) is 28.2 Å². The highest BCUT2D eigenvalue weighted by Gasteiger charge is 2.11. The monoisotopic (exact) mass is 254 g/mol. The van der Waals surface area contributed by atoms with E-state index in [1.807, 2.05) is 6.92 Å². The van der Waals surface area contributed by atoms with Crippen molar-refractivity contribution >= 4 is 23.2 Å². The van der Waals surface area contributed by atoms with Crippen molar-refractivity contribution in [3.63, 3.8) is 0 Å². The van der Waals surface area contributed by atoms with Gasteiger partial charge in [0.1, 0.15) is 22.3 Å². The molecule has 0 N–H and O–H groups in total. The molecule has 2 heterocycles. The Morgan fingerprint density at radius 3 is 2.38 bits per heavy atom. The van der Waals surface area contributed by atoms with Crippen LogP contribution < -0.4 is 0 Å². The summed E-state index contributed by atoms with van der Waals surface area (Å²) in [5, 5.41) is 0.743. The zero-order valence-electron chi connectivity index (χ0n) is 8.48. The summed E-state index contributed by atoms with van der Waals surface area (Å²) in [5.74, 6) is 0.412. The highest BCUT2D eigenvalue weighted by atomic mass is 35.5. The maximum atomic E-state index is 6.01. The van der Waals surface area contributed by atoms with Crippen molar-refractivity contribution in [3.8, 4) is 11.5 Å². The van der Waals surface area contributed by atoms with Gasteiger partial charge in [0.25, 0.3) is 0 Å². The molecule has 0 bridgehead atoms. The van der Waals surface area contributed by atoms with Gasteiger partial charge in [-0.3, -0.25) is 0 Å². The lowest BCUT2D eigenvalue weighted by Gasteiger charge is -2.05. The van der Waals surface area contributed by atoms with Crippen LogP contribution in [-0.2, 0) is 6.42 Å². The quantitative estimate of drug-likeness (QED) is 0.774. The zero-order chi connectivity index (χ0) is 11.5. The third-order valence-corrected chi connectivity index (χ3v) is 2.70. The third-order valence-electron chi connectivity index (χ3n) is 2.07. The van der Waals surface area contributed by atoms with E-state index < -0.39 is 0 Å². The SMILES string of the molecule is CCc1c(Cl)nc(-c2ccncn2)nc1Cl. The lowest BCUT2D eigenvalue weighted by Crippen LogP contribution is -1.97. The molecular formula is C10H8Cl2N4. The fraction of sp³-hybridized carbons (Fsp3) is 0.200. The van der Waals surface area contributed by atoms with Gasteiger partial charge in [-0.05, 0) is 12.5 Å². The Balaban J connectivity index is 2.53. The number of halogens is 2. The number of rotatable bonds is 2. The first-order chi connectivity index (χ1) is 7.72. The first-order valence-corrected chi connectivity index (χ1v) is 5.46. The average Bonchev–Trinajstić information content (AvgIpc) is 2.30. The fourth-order valence-electron chi connectivity index (χ4n) is 1.26. The Kier molecular flexibility index (Phi) is 3.31. The maximum Gasteiger partial charge on any atom is 0.181 e. The Bertz CT molecular complexity index is 478. The molecule has 0 atom stereocenters. The smallest absolute Gasteiger partial charge is 0.181 e. The molecule has 2 aromatic rings. The van der Waals surface area contributed by atoms with E-state index in [-0.39, 0.29) is 0 Å². The van der Waals surface area contributed by atoms with Gasteiger partial charge in [0, 0.05) is 11.8 Å². The summed E-state index contributed by atoms with van der Waals surface area (Å²) in [4.78, 5) is 16.2. The minimum atomic E-state index is 0.371. The second kappa shape index (κ2) is 4.72. The Labute approximate surface area is 103 Å². The molecule has 0 amide bonds. The van der Waals surface area contributed by atoms with Gasteiger partial charge in [-0.25, -0.2) is 19.9 Å². The molecule has 0 spiro atoms. The van der Waals surface area contributed by atoms with E-state index in [1.54, 1.807) is 12.3 Å². The van der Waals surface area contributed by atoms with Crippen LogP contribution in [0, 0.1) is 0 Å². The molecule has 6 heteroatoms. The van der Waals surface area contributed by atoms with E-state index >= 15 is 0 Å². The molecule has 0 fully saturated rings. The minimum absolute atomic E-state index is 0.371. The molecule has 82 valence electrons. The first-order valence-electron chi connectivity index (χ1n) is 4.70. The van der Waals surface area contributed by atoms with Crippen LogP contribution in [0.15, 0.2) is 18.6 Å². The second-order valence-corrected chi connectivity index (χ2v) is 3.77. The lowest BCUT2D eigenvalue weighted by molar-refractivity contribution is 1.04. The lowest BCUT2D eigenvalue weighted by atomic mass is 10.2. The summed E-state index contributed by atoms with van der Waals surface area (Å²) in [6.45, 7) is 1.95. The van der Waals surface area contributed by atoms with Gasteiger partial charge in [-0.2, -0.15) is 0 Å². The topological polar surface area (TPSA) is 51.6 Å². The summed E-state index contributed by atoms with van der Waals surface area (Å²) in [6, 6.07) is 1.70. The standard InChI is InChI=1S/C10H8Cl2N4/c1-2-6-8(11)15-10(16-9(6)12)7-3-4-13-5-14-7/h3-5H,2H2,1H3. The number of nitrogens with zero attached hydrogens (tertiary/aromatic N) is 4. The van der Waals surface area contributed by atoms with Crippen molar-refractivity contribution in [2.45, 2.75) is 13.3 Å². The number of hydrogen-bond donors (Lipinski definition) is 0. The largest absolute Gasteiger partial charge is 0.245 e. The van der Waals surface area contributed by atoms with Crippen LogP contribution >= 0.6 is 23.2 Å². The Hall–Kier alpha value is -1.26. The first kappa shape index (κ1) is 11.2. The van der Waals surface area contributed by atoms with Crippen LogP contribution in [0.4, 0.5) is 0 Å². The molecule has 2 aromatic heterocycles. The summed E-state index contributed by atoms with van der Waals surface area (Å²) in [5.41, 5.74) is 1.35. The molecular weight excluding hydrogens is 247 g/mol. The molecule has 0 radical (unpaired) electrons. The Morgan fingerprint density at radius 1 is 1.19 bits per heavy atom. The number of hydrogen-bond acceptors (Lipinski definition) is 4. The van der Waals surface area contributed by atoms with Gasteiger partial charge in [-0.15, -0.1) is 0 Å². The van der Waals surface area contributed by atoms with Gasteiger partial charge in [0.2, 0.25) is 0 Å². The van der Waals surface area contributed by atoms with Crippen LogP contribution in [0.3, 0.4) is 0 Å². The summed E-state index contributed by atoms with van der Waals surface area (Å²) in [6.07, 6.45) is 3.73. The Morgan fingerprint density at radius 2 is 1.88 bits per heavy atom. The molecule has 0 aromatic carbocycles. The minimum Gasteiger partial charge on any atom is -0.245 e. The second-order valence-electron chi connectivity index (χ2n) is 3.06. The van der Waals surface area contributed by atoms with E-state index in [2.05, 4.69) is 19.9 Å². The van der Waals surface area contributed by atoms with Crippen molar-refractivity contribution in [1.29, 1.82) is 0 Å². The van der Waals surface area contributed by atoms with Crippen molar-refractivity contribution in [3.05, 3.63) is 34.5 Å². The predicted octanol–water partition coefficient (Wildman–Crippen LogP) is 2.80. The number of aromatic nitrogens is 4. The molecule has 0 unspecified atom stereocenters. The molecule has 0 aliphatic carbocycles. The van der Waals surface area contributed by atoms with Crippen molar-refractivity contribution in [2.75, 3.05) is 0 Å². The highest BCUT2D eigenvalue weighted by Crippen LogP contribution is 2.24. The fourth-order valence-corrected chi connectivity index (χ4v) is 1.92. The van der Waals surface area contributed by atoms with Crippen LogP contribution in [0.1, 0.15) is 12.5 Å². The van der Waals surface area contributed by atoms with Crippen LogP contribution in [0.25, 0.3) is 11.5 Å². The van der Waals surface area contributed by atoms with Gasteiger partial charge in [0.15, 0.2) is 5.82 Å². The van der Waals surface area contributed by atoms with Gasteiger partial charge < -0.3 is 0 Å². The predicted molar refractivity (Wildman–Crippen MR) is 62.5 cm³/mol. The molecule has 0 aliphatic heterocycles. The van der Waals surface area contributed by atoms with Crippen LogP contribution in [0.5, 0.6) is 0 Å². The van der Waals surface area contributed by atoms with Crippen molar-refractivity contribution in [1.82, 2.24) is 19.9 Å². The van der Waals surface area contributed by atoms with Gasteiger partial charge in [0.05, 0.1) is 0 Å². The summed E-state index contributed by atoms with van der Waals surface area (Å²) >= 11 is 12.0. The van der Waals surface area contributed by atoms with E-state index in [9.17, 15) is 0 Å².